The maximum absolute atomic E-state index is 12.0. The maximum atomic E-state index is 12.0. The Balaban J connectivity index is 1.28. The van der Waals surface area contributed by atoms with Crippen molar-refractivity contribution in [2.75, 3.05) is 52.9 Å². The van der Waals surface area contributed by atoms with Crippen LogP contribution in [0.2, 0.25) is 0 Å². The van der Waals surface area contributed by atoms with E-state index in [-0.39, 0.29) is 31.3 Å². The molecular formula is C45H41NO10S. The van der Waals surface area contributed by atoms with Gasteiger partial charge in [0, 0.05) is 38.5 Å². The van der Waals surface area contributed by atoms with Gasteiger partial charge in [0.05, 0.1) is 55.6 Å². The molecule has 3 N–H and O–H groups in total. The number of fused-ring (bicyclic) bond motifs is 8. The van der Waals surface area contributed by atoms with Gasteiger partial charge in [-0.2, -0.15) is 8.42 Å². The molecule has 0 bridgehead atoms. The molecule has 1 aromatic heterocycles. The number of hydrogen-bond acceptors (Lipinski definition) is 9. The van der Waals surface area contributed by atoms with Crippen molar-refractivity contribution in [1.82, 2.24) is 4.57 Å². The zero-order valence-electron chi connectivity index (χ0n) is 30.9. The van der Waals surface area contributed by atoms with E-state index in [1.807, 2.05) is 78.9 Å². The van der Waals surface area contributed by atoms with Gasteiger partial charge >= 0.3 is 0 Å². The summed E-state index contributed by atoms with van der Waals surface area (Å²) in [6, 6.07) is 38.0. The second kappa shape index (κ2) is 16.4. The van der Waals surface area contributed by atoms with Crippen LogP contribution in [0, 0.1) is 0 Å². The average Bonchev–Trinajstić information content (AvgIpc) is 3.59. The lowest BCUT2D eigenvalue weighted by atomic mass is 9.82. The Morgan fingerprint density at radius 3 is 1.72 bits per heavy atom. The van der Waals surface area contributed by atoms with E-state index >= 15 is 0 Å². The summed E-state index contributed by atoms with van der Waals surface area (Å²) in [7, 11) is -4.39. The molecule has 57 heavy (non-hydrogen) atoms. The van der Waals surface area contributed by atoms with Crippen LogP contribution in [0.4, 0.5) is 0 Å². The summed E-state index contributed by atoms with van der Waals surface area (Å²) < 4.78 is 65.8. The number of nitrogens with zero attached hydrogens (tertiary/aromatic N) is 1. The molecule has 6 aromatic carbocycles. The molecule has 8 rings (SSSR count). The van der Waals surface area contributed by atoms with Crippen LogP contribution in [-0.4, -0.2) is 80.6 Å². The largest absolute Gasteiger partial charge is 0.491 e. The third-order valence-corrected chi connectivity index (χ3v) is 10.9. The zero-order valence-corrected chi connectivity index (χ0v) is 31.7. The summed E-state index contributed by atoms with van der Waals surface area (Å²) in [5, 5.41) is 22.0. The summed E-state index contributed by atoms with van der Waals surface area (Å²) in [6.07, 6.45) is 4.16. The summed E-state index contributed by atoms with van der Waals surface area (Å²) in [5.41, 5.74) is 3.98. The van der Waals surface area contributed by atoms with E-state index in [2.05, 4.69) is 34.9 Å². The molecule has 7 aromatic rings. The van der Waals surface area contributed by atoms with Crippen molar-refractivity contribution in [3.05, 3.63) is 144 Å². The smallest absolute Gasteiger partial charge is 0.294 e. The highest BCUT2D eigenvalue weighted by molar-refractivity contribution is 7.85. The maximum Gasteiger partial charge on any atom is 0.294 e. The van der Waals surface area contributed by atoms with E-state index in [0.717, 1.165) is 49.3 Å². The molecule has 1 aliphatic rings. The van der Waals surface area contributed by atoms with Crippen LogP contribution in [0.1, 0.15) is 16.7 Å². The third kappa shape index (κ3) is 7.46. The van der Waals surface area contributed by atoms with E-state index < -0.39 is 15.7 Å². The number of aliphatic hydroxyl groups excluding tert-OH is 2. The predicted octanol–water partition coefficient (Wildman–Crippen LogP) is 7.31. The minimum absolute atomic E-state index is 0.0488. The first-order valence-corrected chi connectivity index (χ1v) is 20.0. The Morgan fingerprint density at radius 2 is 1.16 bits per heavy atom. The van der Waals surface area contributed by atoms with Gasteiger partial charge in [-0.1, -0.05) is 66.7 Å². The molecule has 0 amide bonds. The van der Waals surface area contributed by atoms with Crippen LogP contribution in [-0.2, 0) is 25.2 Å². The molecule has 12 heteroatoms. The van der Waals surface area contributed by atoms with Crippen molar-refractivity contribution in [2.24, 2.45) is 0 Å². The Hall–Kier alpha value is -5.73. The van der Waals surface area contributed by atoms with Gasteiger partial charge in [0.15, 0.2) is 5.60 Å². The van der Waals surface area contributed by atoms with Gasteiger partial charge in [-0.05, 0) is 72.1 Å². The number of aromatic nitrogens is 1. The number of aliphatic hydroxyl groups is 2. The fraction of sp³-hybridized carbons (Fsp3) is 0.200. The summed E-state index contributed by atoms with van der Waals surface area (Å²) in [4.78, 5) is -0.189. The van der Waals surface area contributed by atoms with Crippen LogP contribution in [0.15, 0.2) is 132 Å². The summed E-state index contributed by atoms with van der Waals surface area (Å²) >= 11 is 0. The van der Waals surface area contributed by atoms with Gasteiger partial charge in [-0.15, -0.1) is 0 Å². The van der Waals surface area contributed by atoms with Crippen molar-refractivity contribution in [3.63, 3.8) is 0 Å². The molecule has 0 saturated heterocycles. The SMILES string of the molecule is O=S(=O)(O)c1ccc(-n2c3ccccc3c3c4ccccc4c4c(c32)C=CC(c2ccc(OCCOCCO)cc2)(c2ccc(OCCOCCO)cc2)O4)cc1. The highest BCUT2D eigenvalue weighted by Crippen LogP contribution is 2.51. The van der Waals surface area contributed by atoms with Crippen LogP contribution >= 0.6 is 0 Å². The summed E-state index contributed by atoms with van der Waals surface area (Å²) in [5.74, 6) is 1.98. The lowest BCUT2D eigenvalue weighted by molar-refractivity contribution is 0.0705. The van der Waals surface area contributed by atoms with Crippen molar-refractivity contribution >= 4 is 48.8 Å². The molecule has 0 fully saturated rings. The standard InChI is InChI=1S/C45H41NO10S/c47-23-25-52-27-29-54-34-15-9-31(10-16-34)45(32-11-17-35(18-12-32)55-30-28-53-26-24-48)22-21-40-43-42(37-5-1-2-6-38(37)44(40)56-45)39-7-3-4-8-41(39)46(43)33-13-19-36(20-14-33)57(49,50)51/h1-22,47-48H,23-30H2,(H,49,50,51). The van der Waals surface area contributed by atoms with E-state index in [9.17, 15) is 13.0 Å². The highest BCUT2D eigenvalue weighted by Gasteiger charge is 2.39. The molecule has 292 valence electrons. The Morgan fingerprint density at radius 1 is 0.614 bits per heavy atom. The van der Waals surface area contributed by atoms with Crippen molar-refractivity contribution in [2.45, 2.75) is 10.5 Å². The minimum Gasteiger partial charge on any atom is -0.491 e. The van der Waals surface area contributed by atoms with Crippen LogP contribution in [0.3, 0.4) is 0 Å². The van der Waals surface area contributed by atoms with Gasteiger partial charge < -0.3 is 38.5 Å². The van der Waals surface area contributed by atoms with E-state index in [4.69, 9.17) is 33.9 Å². The topological polar surface area (TPSA) is 146 Å². The Labute approximate surface area is 329 Å². The molecule has 11 nitrogen and oxygen atoms in total. The lowest BCUT2D eigenvalue weighted by Crippen LogP contribution is -2.34. The minimum atomic E-state index is -4.39. The van der Waals surface area contributed by atoms with Gasteiger partial charge in [0.2, 0.25) is 0 Å². The fourth-order valence-electron chi connectivity index (χ4n) is 7.46. The first-order chi connectivity index (χ1) is 27.8. The molecule has 0 spiro atoms. The van der Waals surface area contributed by atoms with Crippen molar-refractivity contribution in [3.8, 4) is 22.9 Å². The lowest BCUT2D eigenvalue weighted by Gasteiger charge is -2.37. The van der Waals surface area contributed by atoms with Crippen LogP contribution in [0.5, 0.6) is 17.2 Å². The fourth-order valence-corrected chi connectivity index (χ4v) is 7.94. The van der Waals surface area contributed by atoms with E-state index in [1.54, 1.807) is 12.1 Å². The molecule has 0 saturated carbocycles. The number of para-hydroxylation sites is 1. The third-order valence-electron chi connectivity index (χ3n) is 9.99. The van der Waals surface area contributed by atoms with Crippen molar-refractivity contribution in [1.29, 1.82) is 0 Å². The number of benzene rings is 6. The van der Waals surface area contributed by atoms with Gasteiger partial charge in [0.1, 0.15) is 30.5 Å². The van der Waals surface area contributed by atoms with Gasteiger partial charge in [-0.25, -0.2) is 0 Å². The molecule has 0 aliphatic carbocycles. The highest BCUT2D eigenvalue weighted by atomic mass is 32.2. The molecule has 1 aliphatic heterocycles. The first kappa shape index (κ1) is 38.2. The van der Waals surface area contributed by atoms with Crippen LogP contribution < -0.4 is 14.2 Å². The van der Waals surface area contributed by atoms with Crippen molar-refractivity contribution < 1.29 is 46.9 Å². The van der Waals surface area contributed by atoms with E-state index in [0.29, 0.717) is 49.4 Å². The number of ether oxygens (including phenoxy) is 5. The normalized spacial score (nSPS) is 13.5. The zero-order chi connectivity index (χ0) is 39.4. The second-order valence-electron chi connectivity index (χ2n) is 13.4. The van der Waals surface area contributed by atoms with E-state index in [1.165, 1.54) is 12.1 Å². The molecule has 0 atom stereocenters. The summed E-state index contributed by atoms with van der Waals surface area (Å²) in [6.45, 7) is 1.75. The Kier molecular flexibility index (Phi) is 11.0. The molecule has 0 radical (unpaired) electrons. The Bertz CT molecular complexity index is 2600. The van der Waals surface area contributed by atoms with Crippen LogP contribution in [0.25, 0.3) is 44.3 Å². The predicted molar refractivity (Wildman–Crippen MR) is 218 cm³/mol. The molecular weight excluding hydrogens is 747 g/mol. The monoisotopic (exact) mass is 787 g/mol. The van der Waals surface area contributed by atoms with Gasteiger partial charge in [0.25, 0.3) is 10.1 Å². The van der Waals surface area contributed by atoms with Gasteiger partial charge in [-0.3, -0.25) is 4.55 Å². The second-order valence-corrected chi connectivity index (χ2v) is 14.8. The average molecular weight is 788 g/mol. The molecule has 2 heterocycles. The first-order valence-electron chi connectivity index (χ1n) is 18.6. The quantitative estimate of drug-likeness (QED) is 0.0674. The number of hydrogen-bond donors (Lipinski definition) is 3. The number of rotatable bonds is 16. The molecule has 0 unspecified atom stereocenters.